The van der Waals surface area contributed by atoms with Gasteiger partial charge in [0, 0.05) is 43.6 Å². The van der Waals surface area contributed by atoms with E-state index in [2.05, 4.69) is 38.6 Å². The minimum Gasteiger partial charge on any atom is -0.354 e. The third kappa shape index (κ3) is 5.20. The molecule has 2 aliphatic heterocycles. The molecule has 8 nitrogen and oxygen atoms in total. The Morgan fingerprint density at radius 1 is 0.972 bits per heavy atom. The quantitative estimate of drug-likeness (QED) is 0.595. The van der Waals surface area contributed by atoms with E-state index in [1.807, 2.05) is 29.2 Å². The maximum Gasteiger partial charge on any atom is 0.253 e. The molecule has 1 aromatic heterocycles. The first-order valence-electron chi connectivity index (χ1n) is 12.3. The molecule has 2 fully saturated rings. The predicted molar refractivity (Wildman–Crippen MR) is 136 cm³/mol. The van der Waals surface area contributed by atoms with Crippen molar-refractivity contribution >= 4 is 23.3 Å². The van der Waals surface area contributed by atoms with Crippen molar-refractivity contribution in [2.75, 3.05) is 36.4 Å². The third-order valence-corrected chi connectivity index (χ3v) is 7.11. The fourth-order valence-corrected chi connectivity index (χ4v) is 5.05. The number of hydrogen-bond donors (Lipinski definition) is 1. The van der Waals surface area contributed by atoms with Crippen LogP contribution in [0, 0.1) is 17.2 Å². The molecule has 0 bridgehead atoms. The van der Waals surface area contributed by atoms with E-state index in [1.54, 1.807) is 30.5 Å². The average Bonchev–Trinajstić information content (AvgIpc) is 3.44. The molecule has 8 heteroatoms. The summed E-state index contributed by atoms with van der Waals surface area (Å²) in [7, 11) is 0. The van der Waals surface area contributed by atoms with Gasteiger partial charge >= 0.3 is 0 Å². The number of nitrogens with one attached hydrogen (secondary N) is 1. The number of aromatic nitrogens is 2. The Morgan fingerprint density at radius 2 is 1.78 bits per heavy atom. The van der Waals surface area contributed by atoms with Crippen LogP contribution in [0.1, 0.15) is 46.7 Å². The van der Waals surface area contributed by atoms with Crippen LogP contribution in [0.4, 0.5) is 11.5 Å². The Morgan fingerprint density at radius 3 is 2.50 bits per heavy atom. The van der Waals surface area contributed by atoms with Crippen molar-refractivity contribution < 1.29 is 9.59 Å². The van der Waals surface area contributed by atoms with Gasteiger partial charge in [0.1, 0.15) is 0 Å². The number of piperidine rings is 1. The second kappa shape index (κ2) is 10.6. The van der Waals surface area contributed by atoms with Crippen molar-refractivity contribution in [3.05, 3.63) is 83.6 Å². The normalized spacial score (nSPS) is 18.0. The van der Waals surface area contributed by atoms with Gasteiger partial charge in [-0.15, -0.1) is 5.10 Å². The summed E-state index contributed by atoms with van der Waals surface area (Å²) in [6, 6.07) is 20.8. The molecule has 2 amide bonds. The molecular formula is C28H28N6O2. The van der Waals surface area contributed by atoms with Gasteiger partial charge in [-0.05, 0) is 73.2 Å². The lowest BCUT2D eigenvalue weighted by atomic mass is 9.89. The highest BCUT2D eigenvalue weighted by atomic mass is 16.2. The van der Waals surface area contributed by atoms with E-state index < -0.39 is 0 Å². The lowest BCUT2D eigenvalue weighted by molar-refractivity contribution is -0.119. The predicted octanol–water partition coefficient (Wildman–Crippen LogP) is 3.83. The van der Waals surface area contributed by atoms with Gasteiger partial charge in [0.2, 0.25) is 5.91 Å². The van der Waals surface area contributed by atoms with E-state index in [0.717, 1.165) is 37.3 Å². The zero-order chi connectivity index (χ0) is 24.9. The van der Waals surface area contributed by atoms with Gasteiger partial charge in [-0.1, -0.05) is 18.2 Å². The van der Waals surface area contributed by atoms with Gasteiger partial charge in [-0.2, -0.15) is 10.4 Å². The minimum atomic E-state index is -0.0811. The number of hydrogen-bond acceptors (Lipinski definition) is 6. The van der Waals surface area contributed by atoms with Crippen molar-refractivity contribution in [1.29, 1.82) is 5.26 Å². The Hall–Kier alpha value is -4.25. The summed E-state index contributed by atoms with van der Waals surface area (Å²) in [5.74, 6) is 1.11. The van der Waals surface area contributed by atoms with E-state index in [1.165, 1.54) is 5.56 Å². The summed E-state index contributed by atoms with van der Waals surface area (Å²) in [4.78, 5) is 29.6. The van der Waals surface area contributed by atoms with Crippen LogP contribution >= 0.6 is 0 Å². The number of benzene rings is 2. The van der Waals surface area contributed by atoms with Crippen LogP contribution in [-0.2, 0) is 4.79 Å². The summed E-state index contributed by atoms with van der Waals surface area (Å²) in [6.07, 6.45) is 4.21. The molecule has 0 aliphatic carbocycles. The van der Waals surface area contributed by atoms with Crippen molar-refractivity contribution in [2.24, 2.45) is 5.92 Å². The van der Waals surface area contributed by atoms with Crippen LogP contribution in [-0.4, -0.2) is 53.1 Å². The first-order chi connectivity index (χ1) is 17.6. The molecule has 2 saturated heterocycles. The molecule has 5 rings (SSSR count). The van der Waals surface area contributed by atoms with Crippen LogP contribution in [0.5, 0.6) is 0 Å². The molecule has 1 atom stereocenters. The maximum atomic E-state index is 12.8. The van der Waals surface area contributed by atoms with Crippen LogP contribution in [0.3, 0.4) is 0 Å². The molecule has 182 valence electrons. The summed E-state index contributed by atoms with van der Waals surface area (Å²) < 4.78 is 0. The van der Waals surface area contributed by atoms with Gasteiger partial charge in [0.15, 0.2) is 5.82 Å². The minimum absolute atomic E-state index is 0.0200. The number of carbonyl (C=O) groups excluding carboxylic acids is 2. The first-order valence-corrected chi connectivity index (χ1v) is 12.3. The molecule has 2 aliphatic rings. The number of rotatable bonds is 5. The largest absolute Gasteiger partial charge is 0.354 e. The zero-order valence-corrected chi connectivity index (χ0v) is 20.0. The highest BCUT2D eigenvalue weighted by Gasteiger charge is 2.29. The maximum absolute atomic E-state index is 12.8. The SMILES string of the molecule is N#Cc1cccc(C(=O)N2CCC(c3ccc(NC(=O)C4CCN(c5cccnn5)C4)cc3)CC2)c1. The number of anilines is 2. The van der Waals surface area contributed by atoms with E-state index in [9.17, 15) is 9.59 Å². The molecule has 0 spiro atoms. The van der Waals surface area contributed by atoms with Crippen molar-refractivity contribution in [1.82, 2.24) is 15.1 Å². The molecule has 36 heavy (non-hydrogen) atoms. The highest BCUT2D eigenvalue weighted by Crippen LogP contribution is 2.30. The van der Waals surface area contributed by atoms with Crippen LogP contribution in [0.15, 0.2) is 66.9 Å². The molecule has 2 aromatic carbocycles. The van der Waals surface area contributed by atoms with Gasteiger partial charge in [0.25, 0.3) is 5.91 Å². The van der Waals surface area contributed by atoms with Crippen molar-refractivity contribution in [3.63, 3.8) is 0 Å². The van der Waals surface area contributed by atoms with Gasteiger partial charge in [0.05, 0.1) is 17.6 Å². The Balaban J connectivity index is 1.12. The zero-order valence-electron chi connectivity index (χ0n) is 20.0. The molecule has 3 heterocycles. The molecule has 0 radical (unpaired) electrons. The Kier molecular flexibility index (Phi) is 6.89. The number of carbonyl (C=O) groups is 2. The molecule has 1 unspecified atom stereocenters. The number of likely N-dealkylation sites (tertiary alicyclic amines) is 1. The fraction of sp³-hybridized carbons (Fsp3) is 0.321. The van der Waals surface area contributed by atoms with Gasteiger partial charge in [-0.3, -0.25) is 9.59 Å². The van der Waals surface area contributed by atoms with Crippen LogP contribution in [0.2, 0.25) is 0 Å². The lowest BCUT2D eigenvalue weighted by Gasteiger charge is -2.32. The Bertz CT molecular complexity index is 1260. The van der Waals surface area contributed by atoms with E-state index >= 15 is 0 Å². The van der Waals surface area contributed by atoms with Gasteiger partial charge < -0.3 is 15.1 Å². The van der Waals surface area contributed by atoms with E-state index in [0.29, 0.717) is 36.7 Å². The fourth-order valence-electron chi connectivity index (χ4n) is 5.05. The van der Waals surface area contributed by atoms with Gasteiger partial charge in [-0.25, -0.2) is 0 Å². The third-order valence-electron chi connectivity index (χ3n) is 7.11. The summed E-state index contributed by atoms with van der Waals surface area (Å²) in [6.45, 7) is 2.80. The van der Waals surface area contributed by atoms with Crippen molar-refractivity contribution in [3.8, 4) is 6.07 Å². The molecule has 3 aromatic rings. The number of amides is 2. The van der Waals surface area contributed by atoms with Crippen molar-refractivity contribution in [2.45, 2.75) is 25.2 Å². The summed E-state index contributed by atoms with van der Waals surface area (Å²) >= 11 is 0. The molecular weight excluding hydrogens is 452 g/mol. The topological polar surface area (TPSA) is 102 Å². The van der Waals surface area contributed by atoms with E-state index in [4.69, 9.17) is 5.26 Å². The highest BCUT2D eigenvalue weighted by molar-refractivity contribution is 5.95. The second-order valence-electron chi connectivity index (χ2n) is 9.38. The van der Waals surface area contributed by atoms with E-state index in [-0.39, 0.29) is 17.7 Å². The molecule has 1 N–H and O–H groups in total. The number of nitrogens with zero attached hydrogens (tertiary/aromatic N) is 5. The lowest BCUT2D eigenvalue weighted by Crippen LogP contribution is -2.37. The smallest absolute Gasteiger partial charge is 0.253 e. The number of nitriles is 1. The Labute approximate surface area is 210 Å². The average molecular weight is 481 g/mol. The molecule has 0 saturated carbocycles. The summed E-state index contributed by atoms with van der Waals surface area (Å²) in [5.41, 5.74) is 3.08. The van der Waals surface area contributed by atoms with Crippen LogP contribution < -0.4 is 10.2 Å². The first kappa shape index (κ1) is 23.5. The summed E-state index contributed by atoms with van der Waals surface area (Å²) in [5, 5.41) is 20.2. The monoisotopic (exact) mass is 480 g/mol. The second-order valence-corrected chi connectivity index (χ2v) is 9.38. The standard InChI is InChI=1S/C28H28N6O2/c29-18-20-3-1-4-23(17-20)28(36)33-14-10-22(11-15-33)21-6-8-25(9-7-21)31-27(35)24-12-16-34(19-24)26-5-2-13-30-32-26/h1-9,13,17,22,24H,10-12,14-16,19H2,(H,31,35). The van der Waals surface area contributed by atoms with Crippen LogP contribution in [0.25, 0.3) is 0 Å².